The normalized spacial score (nSPS) is 21.8. The number of hydrogen-bond acceptors (Lipinski definition) is 7. The summed E-state index contributed by atoms with van der Waals surface area (Å²) < 4.78 is 0. The van der Waals surface area contributed by atoms with Crippen molar-refractivity contribution in [3.63, 3.8) is 0 Å². The van der Waals surface area contributed by atoms with E-state index < -0.39 is 5.25 Å². The van der Waals surface area contributed by atoms with Crippen molar-refractivity contribution in [2.24, 2.45) is 10.2 Å². The molecule has 0 saturated carbocycles. The summed E-state index contributed by atoms with van der Waals surface area (Å²) >= 11 is 2.20. The third-order valence-corrected chi connectivity index (χ3v) is 5.97. The molecule has 0 unspecified atom stereocenters. The minimum Gasteiger partial charge on any atom is -0.326 e. The minimum absolute atomic E-state index is 0.0196. The van der Waals surface area contributed by atoms with Crippen molar-refractivity contribution in [3.8, 4) is 0 Å². The lowest BCUT2D eigenvalue weighted by Crippen LogP contribution is -2.28. The van der Waals surface area contributed by atoms with Crippen molar-refractivity contribution >= 4 is 57.3 Å². The third kappa shape index (κ3) is 5.02. The SMILES string of the molecule is CC(C)=C1SC(=O)N/C1=N\N=C1\NC(=O)[C@@H](CC(=O)Nc2ccc(C)cc2)S1. The molecule has 2 heterocycles. The highest BCUT2D eigenvalue weighted by Gasteiger charge is 2.32. The molecule has 8 nitrogen and oxygen atoms in total. The van der Waals surface area contributed by atoms with E-state index in [1.165, 1.54) is 0 Å². The van der Waals surface area contributed by atoms with Crippen LogP contribution in [0.5, 0.6) is 0 Å². The van der Waals surface area contributed by atoms with Crippen LogP contribution in [0, 0.1) is 6.92 Å². The van der Waals surface area contributed by atoms with Gasteiger partial charge in [0.25, 0.3) is 5.24 Å². The van der Waals surface area contributed by atoms with E-state index >= 15 is 0 Å². The van der Waals surface area contributed by atoms with E-state index in [2.05, 4.69) is 26.2 Å². The third-order valence-electron chi connectivity index (χ3n) is 3.81. The van der Waals surface area contributed by atoms with Crippen molar-refractivity contribution in [2.75, 3.05) is 5.32 Å². The highest BCUT2D eigenvalue weighted by Crippen LogP contribution is 2.28. The van der Waals surface area contributed by atoms with Gasteiger partial charge in [0.05, 0.1) is 4.91 Å². The largest absolute Gasteiger partial charge is 0.326 e. The van der Waals surface area contributed by atoms with Gasteiger partial charge in [-0.05, 0) is 44.7 Å². The molecule has 0 spiro atoms. The molecule has 3 N–H and O–H groups in total. The number of thioether (sulfide) groups is 2. The Bertz CT molecular complexity index is 918. The summed E-state index contributed by atoms with van der Waals surface area (Å²) in [6.07, 6.45) is 0.0196. The topological polar surface area (TPSA) is 112 Å². The fourth-order valence-corrected chi connectivity index (χ4v) is 4.07. The van der Waals surface area contributed by atoms with Crippen LogP contribution in [0.25, 0.3) is 0 Å². The summed E-state index contributed by atoms with van der Waals surface area (Å²) in [5.41, 5.74) is 2.72. The van der Waals surface area contributed by atoms with Gasteiger partial charge in [-0.25, -0.2) is 0 Å². The van der Waals surface area contributed by atoms with Gasteiger partial charge < -0.3 is 10.6 Å². The molecule has 0 aliphatic carbocycles. The maximum absolute atomic E-state index is 12.2. The smallest absolute Gasteiger partial charge is 0.289 e. The lowest BCUT2D eigenvalue weighted by Gasteiger charge is -2.07. The van der Waals surface area contributed by atoms with Crippen molar-refractivity contribution in [2.45, 2.75) is 32.4 Å². The van der Waals surface area contributed by atoms with Crippen LogP contribution in [0.1, 0.15) is 25.8 Å². The molecular weight excluding hydrogens is 398 g/mol. The van der Waals surface area contributed by atoms with Crippen molar-refractivity contribution in [1.29, 1.82) is 0 Å². The number of aryl methyl sites for hydroxylation is 1. The van der Waals surface area contributed by atoms with Gasteiger partial charge in [0, 0.05) is 12.1 Å². The molecule has 1 aromatic rings. The van der Waals surface area contributed by atoms with E-state index in [4.69, 9.17) is 0 Å². The lowest BCUT2D eigenvalue weighted by molar-refractivity contribution is -0.122. The number of carbonyl (C=O) groups excluding carboxylic acids is 3. The van der Waals surface area contributed by atoms with Crippen molar-refractivity contribution in [3.05, 3.63) is 40.3 Å². The van der Waals surface area contributed by atoms with Crippen LogP contribution in [-0.4, -0.2) is 33.3 Å². The molecule has 146 valence electrons. The summed E-state index contributed by atoms with van der Waals surface area (Å²) in [6, 6.07) is 7.42. The zero-order chi connectivity index (χ0) is 20.3. The number of nitrogens with one attached hydrogen (secondary N) is 3. The monoisotopic (exact) mass is 417 g/mol. The van der Waals surface area contributed by atoms with Gasteiger partial charge in [-0.3, -0.25) is 19.7 Å². The van der Waals surface area contributed by atoms with Crippen molar-refractivity contribution in [1.82, 2.24) is 10.6 Å². The van der Waals surface area contributed by atoms with E-state index in [9.17, 15) is 14.4 Å². The fourth-order valence-electron chi connectivity index (χ4n) is 2.43. The number of nitrogens with zero attached hydrogens (tertiary/aromatic N) is 2. The molecule has 10 heteroatoms. The number of allylic oxidation sites excluding steroid dienone is 1. The number of anilines is 1. The summed E-state index contributed by atoms with van der Waals surface area (Å²) in [5, 5.41) is 15.6. The average molecular weight is 418 g/mol. The molecule has 3 amide bonds. The van der Waals surface area contributed by atoms with E-state index in [-0.39, 0.29) is 23.5 Å². The molecule has 0 radical (unpaired) electrons. The fraction of sp³-hybridized carbons (Fsp3) is 0.278. The predicted molar refractivity (Wildman–Crippen MR) is 113 cm³/mol. The molecule has 1 atom stereocenters. The van der Waals surface area contributed by atoms with E-state index in [0.717, 1.165) is 39.6 Å². The first-order valence-corrected chi connectivity index (χ1v) is 10.2. The number of rotatable bonds is 4. The van der Waals surface area contributed by atoms with Gasteiger partial charge >= 0.3 is 0 Å². The summed E-state index contributed by atoms with van der Waals surface area (Å²) in [7, 11) is 0. The molecule has 28 heavy (non-hydrogen) atoms. The van der Waals surface area contributed by atoms with E-state index in [1.54, 1.807) is 0 Å². The van der Waals surface area contributed by atoms with Crippen LogP contribution >= 0.6 is 23.5 Å². The number of benzene rings is 1. The Morgan fingerprint density at radius 1 is 1.14 bits per heavy atom. The molecule has 2 aliphatic rings. The Hall–Kier alpha value is -2.59. The van der Waals surface area contributed by atoms with Gasteiger partial charge in [-0.1, -0.05) is 35.0 Å². The number of hydrogen-bond donors (Lipinski definition) is 3. The second-order valence-corrected chi connectivity index (χ2v) is 8.59. The first-order chi connectivity index (χ1) is 13.3. The first-order valence-electron chi connectivity index (χ1n) is 8.48. The zero-order valence-corrected chi connectivity index (χ0v) is 17.2. The Kier molecular flexibility index (Phi) is 6.20. The molecule has 0 bridgehead atoms. The van der Waals surface area contributed by atoms with Gasteiger partial charge in [0.2, 0.25) is 11.8 Å². The Morgan fingerprint density at radius 2 is 1.86 bits per heavy atom. The van der Waals surface area contributed by atoms with Gasteiger partial charge in [-0.15, -0.1) is 10.2 Å². The average Bonchev–Trinajstić information content (AvgIpc) is 3.17. The summed E-state index contributed by atoms with van der Waals surface area (Å²) in [5.74, 6) is -0.191. The number of carbonyl (C=O) groups is 3. The molecule has 2 fully saturated rings. The maximum Gasteiger partial charge on any atom is 0.289 e. The highest BCUT2D eigenvalue weighted by atomic mass is 32.2. The van der Waals surface area contributed by atoms with Crippen LogP contribution in [-0.2, 0) is 9.59 Å². The number of amidine groups is 2. The Morgan fingerprint density at radius 3 is 2.54 bits per heavy atom. The van der Waals surface area contributed by atoms with Crippen LogP contribution in [0.15, 0.2) is 44.9 Å². The molecule has 1 aromatic carbocycles. The highest BCUT2D eigenvalue weighted by molar-refractivity contribution is 8.18. The number of amides is 3. The standard InChI is InChI=1S/C18H19N5O3S2/c1-9(2)14-15(20-18(26)28-14)22-23-17-21-16(25)12(27-17)8-13(24)19-11-6-4-10(3)5-7-11/h4-7,12H,8H2,1-3H3,(H,19,24)(H,20,22,26)(H,21,23,25)/t12-/m1/s1. The van der Waals surface area contributed by atoms with Gasteiger partial charge in [-0.2, -0.15) is 0 Å². The Balaban J connectivity index is 1.61. The second-order valence-electron chi connectivity index (χ2n) is 6.41. The second kappa shape index (κ2) is 8.61. The van der Waals surface area contributed by atoms with Crippen LogP contribution < -0.4 is 16.0 Å². The van der Waals surface area contributed by atoms with Crippen LogP contribution in [0.3, 0.4) is 0 Å². The summed E-state index contributed by atoms with van der Waals surface area (Å²) in [4.78, 5) is 36.6. The van der Waals surface area contributed by atoms with Crippen LogP contribution in [0.4, 0.5) is 10.5 Å². The molecular formula is C18H19N5O3S2. The van der Waals surface area contributed by atoms with E-state index in [1.807, 2.05) is 45.0 Å². The first kappa shape index (κ1) is 20.2. The minimum atomic E-state index is -0.583. The Labute approximate surface area is 170 Å². The van der Waals surface area contributed by atoms with Crippen molar-refractivity contribution < 1.29 is 14.4 Å². The van der Waals surface area contributed by atoms with Gasteiger partial charge in [0.15, 0.2) is 11.0 Å². The molecule has 3 rings (SSSR count). The van der Waals surface area contributed by atoms with Gasteiger partial charge in [0.1, 0.15) is 5.25 Å². The van der Waals surface area contributed by atoms with E-state index in [0.29, 0.717) is 16.7 Å². The molecule has 0 aromatic heterocycles. The molecule has 2 aliphatic heterocycles. The quantitative estimate of drug-likeness (QED) is 0.652. The lowest BCUT2D eigenvalue weighted by atomic mass is 10.2. The van der Waals surface area contributed by atoms with Crippen LogP contribution in [0.2, 0.25) is 0 Å². The zero-order valence-electron chi connectivity index (χ0n) is 15.5. The maximum atomic E-state index is 12.2. The summed E-state index contributed by atoms with van der Waals surface area (Å²) in [6.45, 7) is 5.71. The molecule has 2 saturated heterocycles. The predicted octanol–water partition coefficient (Wildman–Crippen LogP) is 2.98.